The number of carbonyl (C=O) groups is 2. The first-order chi connectivity index (χ1) is 8.52. The largest absolute Gasteiger partial charge is 0.480 e. The maximum absolute atomic E-state index is 11.6. The van der Waals surface area contributed by atoms with Gasteiger partial charge in [0.25, 0.3) is 0 Å². The van der Waals surface area contributed by atoms with E-state index in [4.69, 9.17) is 10.2 Å². The summed E-state index contributed by atoms with van der Waals surface area (Å²) in [6.07, 6.45) is 0.105. The van der Waals surface area contributed by atoms with E-state index in [9.17, 15) is 9.59 Å². The average molecular weight is 316 g/mol. The Kier molecular flexibility index (Phi) is 5.80. The summed E-state index contributed by atoms with van der Waals surface area (Å²) in [5, 5.41) is 19.9. The Hall–Kier alpha value is -1.40. The molecule has 3 N–H and O–H groups in total. The summed E-state index contributed by atoms with van der Waals surface area (Å²) in [5.74, 6) is -1.53. The van der Waals surface area contributed by atoms with Crippen molar-refractivity contribution in [3.05, 3.63) is 34.3 Å². The number of aliphatic hydroxyl groups is 1. The third-order valence-electron chi connectivity index (χ3n) is 2.30. The summed E-state index contributed by atoms with van der Waals surface area (Å²) >= 11 is 3.29. The van der Waals surface area contributed by atoms with E-state index in [1.807, 2.05) is 6.07 Å². The Balaban J connectivity index is 2.57. The maximum atomic E-state index is 11.6. The minimum absolute atomic E-state index is 0.000439. The quantitative estimate of drug-likeness (QED) is 0.729. The second kappa shape index (κ2) is 7.13. The third-order valence-corrected chi connectivity index (χ3v) is 2.80. The zero-order valence-corrected chi connectivity index (χ0v) is 11.2. The first-order valence-corrected chi connectivity index (χ1v) is 6.19. The number of benzene rings is 1. The van der Waals surface area contributed by atoms with Gasteiger partial charge in [0.2, 0.25) is 5.91 Å². The Bertz CT molecular complexity index is 436. The Morgan fingerprint density at radius 3 is 2.67 bits per heavy atom. The Labute approximate surface area is 113 Å². The smallest absolute Gasteiger partial charge is 0.326 e. The summed E-state index contributed by atoms with van der Waals surface area (Å²) in [6, 6.07) is 6.17. The van der Waals surface area contributed by atoms with Gasteiger partial charge < -0.3 is 15.5 Å². The van der Waals surface area contributed by atoms with E-state index in [0.717, 1.165) is 10.0 Å². The number of rotatable bonds is 6. The molecule has 0 aliphatic carbocycles. The first kappa shape index (κ1) is 14.7. The van der Waals surface area contributed by atoms with Gasteiger partial charge in [0.05, 0.1) is 6.42 Å². The fourth-order valence-corrected chi connectivity index (χ4v) is 1.91. The van der Waals surface area contributed by atoms with Crippen LogP contribution in [0, 0.1) is 0 Å². The summed E-state index contributed by atoms with van der Waals surface area (Å²) in [5.41, 5.74) is 0.787. The average Bonchev–Trinajstić information content (AvgIpc) is 2.28. The van der Waals surface area contributed by atoms with E-state index in [1.54, 1.807) is 18.2 Å². The topological polar surface area (TPSA) is 86.6 Å². The fourth-order valence-electron chi connectivity index (χ4n) is 1.46. The molecule has 18 heavy (non-hydrogen) atoms. The molecule has 6 heteroatoms. The molecule has 0 aliphatic heterocycles. The number of amides is 1. The van der Waals surface area contributed by atoms with Crippen LogP contribution in [0.3, 0.4) is 0 Å². The highest BCUT2D eigenvalue weighted by Crippen LogP contribution is 2.12. The lowest BCUT2D eigenvalue weighted by atomic mass is 10.1. The zero-order chi connectivity index (χ0) is 13.5. The monoisotopic (exact) mass is 315 g/mol. The molecule has 1 amide bonds. The van der Waals surface area contributed by atoms with Crippen LogP contribution in [0.15, 0.2) is 28.7 Å². The number of hydrogen-bond donors (Lipinski definition) is 3. The summed E-state index contributed by atoms with van der Waals surface area (Å²) in [4.78, 5) is 22.4. The normalized spacial score (nSPS) is 11.9. The molecule has 0 heterocycles. The highest BCUT2D eigenvalue weighted by Gasteiger charge is 2.19. The van der Waals surface area contributed by atoms with Gasteiger partial charge in [-0.25, -0.2) is 4.79 Å². The van der Waals surface area contributed by atoms with Crippen molar-refractivity contribution in [2.75, 3.05) is 6.61 Å². The number of carboxylic acids is 1. The number of halogens is 1. The molecule has 0 aromatic heterocycles. The van der Waals surface area contributed by atoms with Gasteiger partial charge in [-0.1, -0.05) is 28.1 Å². The van der Waals surface area contributed by atoms with Crippen molar-refractivity contribution in [2.24, 2.45) is 0 Å². The highest BCUT2D eigenvalue weighted by molar-refractivity contribution is 9.10. The molecule has 0 unspecified atom stereocenters. The highest BCUT2D eigenvalue weighted by atomic mass is 79.9. The van der Waals surface area contributed by atoms with Gasteiger partial charge in [0, 0.05) is 17.5 Å². The van der Waals surface area contributed by atoms with Gasteiger partial charge in [-0.15, -0.1) is 0 Å². The molecule has 0 aliphatic rings. The zero-order valence-electron chi connectivity index (χ0n) is 9.60. The standard InChI is InChI=1S/C12H14BrNO4/c13-9-3-1-2-8(6-9)7-11(16)14-10(4-5-15)12(17)18/h1-3,6,10,15H,4-5,7H2,(H,14,16)(H,17,18)/t10-/m0/s1. The van der Waals surface area contributed by atoms with Gasteiger partial charge in [0.1, 0.15) is 6.04 Å². The van der Waals surface area contributed by atoms with E-state index in [1.165, 1.54) is 0 Å². The number of carbonyl (C=O) groups excluding carboxylic acids is 1. The molecular formula is C12H14BrNO4. The van der Waals surface area contributed by atoms with E-state index in [-0.39, 0.29) is 25.4 Å². The maximum Gasteiger partial charge on any atom is 0.326 e. The fraction of sp³-hybridized carbons (Fsp3) is 0.333. The van der Waals surface area contributed by atoms with Crippen molar-refractivity contribution in [1.29, 1.82) is 0 Å². The van der Waals surface area contributed by atoms with E-state index < -0.39 is 12.0 Å². The minimum atomic E-state index is -1.15. The van der Waals surface area contributed by atoms with Crippen LogP contribution < -0.4 is 5.32 Å². The molecule has 0 radical (unpaired) electrons. The predicted octanol–water partition coefficient (Wildman–Crippen LogP) is 0.943. The molecule has 0 bridgehead atoms. The van der Waals surface area contributed by atoms with Crippen LogP contribution in [0.5, 0.6) is 0 Å². The predicted molar refractivity (Wildman–Crippen MR) is 69.1 cm³/mol. The lowest BCUT2D eigenvalue weighted by molar-refractivity contribution is -0.142. The van der Waals surface area contributed by atoms with Gasteiger partial charge >= 0.3 is 5.97 Å². The molecule has 0 saturated carbocycles. The summed E-state index contributed by atoms with van der Waals surface area (Å²) in [7, 11) is 0. The van der Waals surface area contributed by atoms with Gasteiger partial charge in [0.15, 0.2) is 0 Å². The first-order valence-electron chi connectivity index (χ1n) is 5.40. The third kappa shape index (κ3) is 4.85. The van der Waals surface area contributed by atoms with Crippen LogP contribution in [0.2, 0.25) is 0 Å². The molecule has 0 spiro atoms. The molecule has 0 fully saturated rings. The second-order valence-electron chi connectivity index (χ2n) is 3.78. The molecule has 1 aromatic rings. The van der Waals surface area contributed by atoms with Crippen molar-refractivity contribution in [1.82, 2.24) is 5.32 Å². The molecule has 0 saturated heterocycles. The second-order valence-corrected chi connectivity index (χ2v) is 4.69. The Morgan fingerprint density at radius 1 is 1.39 bits per heavy atom. The van der Waals surface area contributed by atoms with E-state index in [2.05, 4.69) is 21.2 Å². The van der Waals surface area contributed by atoms with Crippen LogP contribution in [0.25, 0.3) is 0 Å². The lowest BCUT2D eigenvalue weighted by Crippen LogP contribution is -2.42. The molecular weight excluding hydrogens is 302 g/mol. The van der Waals surface area contributed by atoms with Gasteiger partial charge in [-0.05, 0) is 17.7 Å². The molecule has 1 rings (SSSR count). The number of aliphatic carboxylic acids is 1. The number of nitrogens with one attached hydrogen (secondary N) is 1. The van der Waals surface area contributed by atoms with E-state index in [0.29, 0.717) is 0 Å². The van der Waals surface area contributed by atoms with E-state index >= 15 is 0 Å². The lowest BCUT2D eigenvalue weighted by Gasteiger charge is -2.13. The van der Waals surface area contributed by atoms with Crippen molar-refractivity contribution < 1.29 is 19.8 Å². The van der Waals surface area contributed by atoms with Crippen molar-refractivity contribution >= 4 is 27.8 Å². The SMILES string of the molecule is O=C(Cc1cccc(Br)c1)N[C@@H](CCO)C(=O)O. The van der Waals surface area contributed by atoms with Gasteiger partial charge in [-0.2, -0.15) is 0 Å². The number of aliphatic hydroxyl groups excluding tert-OH is 1. The number of carboxylic acid groups (broad SMARTS) is 1. The van der Waals surface area contributed by atoms with Gasteiger partial charge in [-0.3, -0.25) is 4.79 Å². The van der Waals surface area contributed by atoms with Crippen molar-refractivity contribution in [3.8, 4) is 0 Å². The van der Waals surface area contributed by atoms with Crippen LogP contribution in [-0.4, -0.2) is 34.7 Å². The number of hydrogen-bond acceptors (Lipinski definition) is 3. The summed E-state index contributed by atoms with van der Waals surface area (Å²) in [6.45, 7) is -0.284. The van der Waals surface area contributed by atoms with Crippen LogP contribution in [0.4, 0.5) is 0 Å². The van der Waals surface area contributed by atoms with Crippen molar-refractivity contribution in [2.45, 2.75) is 18.9 Å². The molecule has 5 nitrogen and oxygen atoms in total. The molecule has 1 aromatic carbocycles. The van der Waals surface area contributed by atoms with Crippen molar-refractivity contribution in [3.63, 3.8) is 0 Å². The Morgan fingerprint density at radius 2 is 2.11 bits per heavy atom. The van der Waals surface area contributed by atoms with Crippen LogP contribution >= 0.6 is 15.9 Å². The summed E-state index contributed by atoms with van der Waals surface area (Å²) < 4.78 is 0.859. The molecule has 1 atom stereocenters. The van der Waals surface area contributed by atoms with Crippen LogP contribution in [-0.2, 0) is 16.0 Å². The minimum Gasteiger partial charge on any atom is -0.480 e. The molecule has 98 valence electrons. The van der Waals surface area contributed by atoms with Crippen LogP contribution in [0.1, 0.15) is 12.0 Å².